The number of ether oxygens (including phenoxy) is 1. The van der Waals surface area contributed by atoms with Crippen LogP contribution in [0, 0.1) is 0 Å². The Balaban J connectivity index is 2.04. The minimum Gasteiger partial charge on any atom is -0.497 e. The predicted molar refractivity (Wildman–Crippen MR) is 83.7 cm³/mol. The van der Waals surface area contributed by atoms with E-state index in [0.29, 0.717) is 12.1 Å². The van der Waals surface area contributed by atoms with Crippen LogP contribution in [0.2, 0.25) is 0 Å². The van der Waals surface area contributed by atoms with E-state index < -0.39 is 11.7 Å². The molecule has 0 saturated heterocycles. The van der Waals surface area contributed by atoms with Gasteiger partial charge in [-0.3, -0.25) is 0 Å². The zero-order valence-electron chi connectivity index (χ0n) is 12.0. The molecule has 0 aliphatic carbocycles. The number of hydrogen-bond donors (Lipinski definition) is 1. The van der Waals surface area contributed by atoms with Gasteiger partial charge in [0.05, 0.1) is 12.7 Å². The van der Waals surface area contributed by atoms with Crippen LogP contribution < -0.4 is 10.1 Å². The minimum absolute atomic E-state index is 0.270. The SMILES string of the molecule is COc1cccc(CNC(P)c2cccc(C(F)(F)F)c2)c1. The van der Waals surface area contributed by atoms with Crippen molar-refractivity contribution in [3.63, 3.8) is 0 Å². The van der Waals surface area contributed by atoms with Crippen molar-refractivity contribution in [2.24, 2.45) is 0 Å². The summed E-state index contributed by atoms with van der Waals surface area (Å²) >= 11 is 0. The summed E-state index contributed by atoms with van der Waals surface area (Å²) in [5.74, 6) is 0.479. The van der Waals surface area contributed by atoms with Gasteiger partial charge in [0, 0.05) is 12.3 Å². The van der Waals surface area contributed by atoms with Gasteiger partial charge in [-0.15, -0.1) is 9.24 Å². The molecule has 0 bridgehead atoms. The lowest BCUT2D eigenvalue weighted by Crippen LogP contribution is -2.16. The third kappa shape index (κ3) is 4.46. The van der Waals surface area contributed by atoms with Crippen LogP contribution in [0.1, 0.15) is 22.5 Å². The van der Waals surface area contributed by atoms with Crippen LogP contribution in [0.5, 0.6) is 5.75 Å². The monoisotopic (exact) mass is 327 g/mol. The van der Waals surface area contributed by atoms with Crippen LogP contribution in [-0.4, -0.2) is 7.11 Å². The van der Waals surface area contributed by atoms with Gasteiger partial charge in [-0.2, -0.15) is 13.2 Å². The van der Waals surface area contributed by atoms with Crippen molar-refractivity contribution in [1.29, 1.82) is 0 Å². The van der Waals surface area contributed by atoms with E-state index in [9.17, 15) is 13.2 Å². The second-order valence-electron chi connectivity index (χ2n) is 4.83. The van der Waals surface area contributed by atoms with E-state index in [1.165, 1.54) is 6.07 Å². The summed E-state index contributed by atoms with van der Waals surface area (Å²) in [6, 6.07) is 12.9. The molecule has 2 nitrogen and oxygen atoms in total. The van der Waals surface area contributed by atoms with E-state index in [0.717, 1.165) is 23.4 Å². The lowest BCUT2D eigenvalue weighted by molar-refractivity contribution is -0.137. The fourth-order valence-corrected chi connectivity index (χ4v) is 2.36. The average molecular weight is 327 g/mol. The van der Waals surface area contributed by atoms with Gasteiger partial charge in [-0.25, -0.2) is 0 Å². The Kier molecular flexibility index (Phi) is 5.43. The van der Waals surface area contributed by atoms with Gasteiger partial charge in [0.15, 0.2) is 0 Å². The van der Waals surface area contributed by atoms with Crippen LogP contribution in [0.25, 0.3) is 0 Å². The highest BCUT2D eigenvalue weighted by Crippen LogP contribution is 2.32. The fraction of sp³-hybridized carbons (Fsp3) is 0.250. The number of nitrogens with one attached hydrogen (secondary N) is 1. The maximum absolute atomic E-state index is 12.7. The van der Waals surface area contributed by atoms with Crippen molar-refractivity contribution in [3.8, 4) is 5.75 Å². The summed E-state index contributed by atoms with van der Waals surface area (Å²) in [5, 5.41) is 3.19. The molecular formula is C16H17F3NOP. The summed E-state index contributed by atoms with van der Waals surface area (Å²) in [4.78, 5) is 0. The van der Waals surface area contributed by atoms with Gasteiger partial charge in [-0.1, -0.05) is 24.3 Å². The first-order chi connectivity index (χ1) is 10.4. The third-order valence-corrected chi connectivity index (χ3v) is 3.85. The molecule has 2 atom stereocenters. The van der Waals surface area contributed by atoms with E-state index in [1.54, 1.807) is 13.2 Å². The van der Waals surface area contributed by atoms with E-state index in [4.69, 9.17) is 4.74 Å². The van der Waals surface area contributed by atoms with Crippen molar-refractivity contribution in [1.82, 2.24) is 5.32 Å². The summed E-state index contributed by atoms with van der Waals surface area (Å²) < 4.78 is 43.3. The summed E-state index contributed by atoms with van der Waals surface area (Å²) in [6.45, 7) is 0.529. The number of alkyl halides is 3. The molecule has 118 valence electrons. The highest BCUT2D eigenvalue weighted by atomic mass is 31.0. The molecule has 2 aromatic carbocycles. The Hall–Kier alpha value is -1.58. The van der Waals surface area contributed by atoms with Gasteiger partial charge in [0.1, 0.15) is 5.75 Å². The van der Waals surface area contributed by atoms with Crippen LogP contribution in [0.4, 0.5) is 13.2 Å². The molecule has 6 heteroatoms. The van der Waals surface area contributed by atoms with Gasteiger partial charge >= 0.3 is 6.18 Å². The molecule has 2 unspecified atom stereocenters. The molecule has 0 aliphatic heterocycles. The molecule has 2 rings (SSSR count). The molecule has 2 aromatic rings. The fourth-order valence-electron chi connectivity index (χ4n) is 2.04. The molecule has 0 radical (unpaired) electrons. The van der Waals surface area contributed by atoms with Crippen LogP contribution in [-0.2, 0) is 12.7 Å². The van der Waals surface area contributed by atoms with Gasteiger partial charge in [0.25, 0.3) is 0 Å². The Morgan fingerprint density at radius 2 is 1.86 bits per heavy atom. The third-order valence-electron chi connectivity index (χ3n) is 3.23. The van der Waals surface area contributed by atoms with Crippen molar-refractivity contribution >= 4 is 9.24 Å². The maximum atomic E-state index is 12.7. The molecule has 0 aromatic heterocycles. The van der Waals surface area contributed by atoms with E-state index in [2.05, 4.69) is 14.6 Å². The molecule has 0 aliphatic rings. The van der Waals surface area contributed by atoms with Crippen molar-refractivity contribution < 1.29 is 17.9 Å². The average Bonchev–Trinajstić information content (AvgIpc) is 2.52. The molecule has 1 N–H and O–H groups in total. The smallest absolute Gasteiger partial charge is 0.416 e. The highest BCUT2D eigenvalue weighted by Gasteiger charge is 2.30. The molecule has 0 heterocycles. The molecule has 22 heavy (non-hydrogen) atoms. The number of methoxy groups -OCH3 is 1. The van der Waals surface area contributed by atoms with Crippen molar-refractivity contribution in [2.45, 2.75) is 18.5 Å². The summed E-state index contributed by atoms with van der Waals surface area (Å²) in [7, 11) is 4.11. The van der Waals surface area contributed by atoms with Crippen molar-refractivity contribution in [3.05, 3.63) is 65.2 Å². The zero-order valence-corrected chi connectivity index (χ0v) is 13.2. The number of rotatable bonds is 5. The molecule has 0 saturated carbocycles. The lowest BCUT2D eigenvalue weighted by Gasteiger charge is -2.16. The largest absolute Gasteiger partial charge is 0.497 e. The topological polar surface area (TPSA) is 21.3 Å². The first kappa shape index (κ1) is 16.8. The van der Waals surface area contributed by atoms with Crippen molar-refractivity contribution in [2.75, 3.05) is 7.11 Å². The Labute approximate surface area is 129 Å². The summed E-state index contributed by atoms with van der Waals surface area (Å²) in [6.07, 6.45) is -4.33. The Morgan fingerprint density at radius 3 is 2.55 bits per heavy atom. The Morgan fingerprint density at radius 1 is 1.14 bits per heavy atom. The van der Waals surface area contributed by atoms with Gasteiger partial charge in [0.2, 0.25) is 0 Å². The van der Waals surface area contributed by atoms with E-state index in [-0.39, 0.29) is 5.78 Å². The molecule has 0 fully saturated rings. The quantitative estimate of drug-likeness (QED) is 0.823. The number of benzene rings is 2. The predicted octanol–water partition coefficient (Wildman–Crippen LogP) is 4.38. The highest BCUT2D eigenvalue weighted by molar-refractivity contribution is 7.17. The maximum Gasteiger partial charge on any atom is 0.416 e. The molecule has 0 amide bonds. The zero-order chi connectivity index (χ0) is 16.2. The molecular weight excluding hydrogens is 310 g/mol. The molecule has 0 spiro atoms. The van der Waals surface area contributed by atoms with Crippen LogP contribution in [0.15, 0.2) is 48.5 Å². The first-order valence-corrected chi connectivity index (χ1v) is 7.36. The van der Waals surface area contributed by atoms with E-state index >= 15 is 0 Å². The Bertz CT molecular complexity index is 631. The van der Waals surface area contributed by atoms with E-state index in [1.807, 2.05) is 24.3 Å². The van der Waals surface area contributed by atoms with Gasteiger partial charge < -0.3 is 10.1 Å². The first-order valence-electron chi connectivity index (χ1n) is 6.69. The van der Waals surface area contributed by atoms with Gasteiger partial charge in [-0.05, 0) is 35.4 Å². The lowest BCUT2D eigenvalue weighted by atomic mass is 10.1. The van der Waals surface area contributed by atoms with Crippen LogP contribution >= 0.6 is 9.24 Å². The summed E-state index contributed by atoms with van der Waals surface area (Å²) in [5.41, 5.74) is 0.933. The minimum atomic E-state index is -4.33. The second-order valence-corrected chi connectivity index (χ2v) is 5.50. The standard InChI is InChI=1S/C16H17F3NOP/c1-21-14-7-2-4-11(8-14)10-20-15(22)12-5-3-6-13(9-12)16(17,18)19/h2-9,15,20H,10,22H2,1H3. The van der Waals surface area contributed by atoms with Crippen LogP contribution in [0.3, 0.4) is 0 Å². The normalized spacial score (nSPS) is 13.0. The number of halogens is 3. The number of hydrogen-bond acceptors (Lipinski definition) is 2. The second kappa shape index (κ2) is 7.12.